The van der Waals surface area contributed by atoms with Crippen molar-refractivity contribution in [1.29, 1.82) is 0 Å². The zero-order chi connectivity index (χ0) is 20.5. The van der Waals surface area contributed by atoms with Crippen LogP contribution in [0.4, 0.5) is 11.4 Å². The van der Waals surface area contributed by atoms with Crippen LogP contribution in [0.1, 0.15) is 32.9 Å². The number of hydrogen-bond donors (Lipinski definition) is 3. The zero-order valence-corrected chi connectivity index (χ0v) is 17.7. The minimum Gasteiger partial charge on any atom is -0.353 e. The standard InChI is InChI=1S/C19H24N4O3S2/c1-4-12(2)20-17(25)9-16-10-27-19(23-16)28-11-18(26)22-15-7-5-6-14(8-15)21-13(3)24/h5-8,10,12H,4,9,11H2,1-3H3,(H,20,25)(H,21,24)(H,22,26)/t12-/m0/s1. The number of aromatic nitrogens is 1. The van der Waals surface area contributed by atoms with Gasteiger partial charge in [-0.15, -0.1) is 11.3 Å². The molecule has 0 aliphatic heterocycles. The number of anilines is 2. The summed E-state index contributed by atoms with van der Waals surface area (Å²) in [6.45, 7) is 5.41. The number of benzene rings is 1. The molecule has 0 aliphatic carbocycles. The molecule has 1 aromatic carbocycles. The second-order valence-electron chi connectivity index (χ2n) is 6.26. The van der Waals surface area contributed by atoms with E-state index in [4.69, 9.17) is 0 Å². The van der Waals surface area contributed by atoms with Gasteiger partial charge in [0.05, 0.1) is 17.9 Å². The van der Waals surface area contributed by atoms with Crippen LogP contribution < -0.4 is 16.0 Å². The van der Waals surface area contributed by atoms with E-state index in [9.17, 15) is 14.4 Å². The molecule has 3 amide bonds. The molecule has 1 aromatic heterocycles. The average molecular weight is 421 g/mol. The molecule has 0 saturated carbocycles. The number of amides is 3. The van der Waals surface area contributed by atoms with E-state index in [1.165, 1.54) is 30.0 Å². The van der Waals surface area contributed by atoms with Crippen molar-refractivity contribution < 1.29 is 14.4 Å². The summed E-state index contributed by atoms with van der Waals surface area (Å²) in [5.41, 5.74) is 1.94. The Morgan fingerprint density at radius 1 is 1.18 bits per heavy atom. The van der Waals surface area contributed by atoms with Gasteiger partial charge in [-0.1, -0.05) is 24.8 Å². The van der Waals surface area contributed by atoms with Crippen LogP contribution >= 0.6 is 23.1 Å². The highest BCUT2D eigenvalue weighted by Crippen LogP contribution is 2.23. The van der Waals surface area contributed by atoms with E-state index in [1.54, 1.807) is 24.3 Å². The number of thiazole rings is 1. The summed E-state index contributed by atoms with van der Waals surface area (Å²) >= 11 is 2.74. The zero-order valence-electron chi connectivity index (χ0n) is 16.1. The fourth-order valence-electron chi connectivity index (χ4n) is 2.23. The molecule has 2 aromatic rings. The van der Waals surface area contributed by atoms with Crippen LogP contribution in [0.15, 0.2) is 34.0 Å². The minimum absolute atomic E-state index is 0.0482. The van der Waals surface area contributed by atoms with Crippen LogP contribution in [0.5, 0.6) is 0 Å². The predicted molar refractivity (Wildman–Crippen MR) is 114 cm³/mol. The highest BCUT2D eigenvalue weighted by molar-refractivity contribution is 8.01. The largest absolute Gasteiger partial charge is 0.353 e. The monoisotopic (exact) mass is 420 g/mol. The molecule has 9 heteroatoms. The van der Waals surface area contributed by atoms with Crippen LogP contribution in [-0.4, -0.2) is 34.5 Å². The lowest BCUT2D eigenvalue weighted by Gasteiger charge is -2.10. The highest BCUT2D eigenvalue weighted by atomic mass is 32.2. The second-order valence-corrected chi connectivity index (χ2v) is 8.34. The smallest absolute Gasteiger partial charge is 0.234 e. The molecule has 0 spiro atoms. The number of nitrogens with zero attached hydrogens (tertiary/aromatic N) is 1. The van der Waals surface area contributed by atoms with Crippen molar-refractivity contribution in [2.45, 2.75) is 44.0 Å². The first-order valence-electron chi connectivity index (χ1n) is 8.89. The lowest BCUT2D eigenvalue weighted by Crippen LogP contribution is -2.33. The summed E-state index contributed by atoms with van der Waals surface area (Å²) in [6, 6.07) is 7.10. The maximum atomic E-state index is 12.2. The van der Waals surface area contributed by atoms with Gasteiger partial charge in [-0.25, -0.2) is 4.98 Å². The van der Waals surface area contributed by atoms with E-state index in [0.29, 0.717) is 17.1 Å². The summed E-state index contributed by atoms with van der Waals surface area (Å²) in [6.07, 6.45) is 1.12. The summed E-state index contributed by atoms with van der Waals surface area (Å²) in [4.78, 5) is 39.6. The van der Waals surface area contributed by atoms with Crippen LogP contribution in [0, 0.1) is 0 Å². The number of nitrogens with one attached hydrogen (secondary N) is 3. The molecule has 0 bridgehead atoms. The summed E-state index contributed by atoms with van der Waals surface area (Å²) < 4.78 is 0.744. The van der Waals surface area contributed by atoms with E-state index < -0.39 is 0 Å². The number of carbonyl (C=O) groups excluding carboxylic acids is 3. The van der Waals surface area contributed by atoms with Crippen molar-refractivity contribution in [3.8, 4) is 0 Å². The van der Waals surface area contributed by atoms with Gasteiger partial charge in [-0.2, -0.15) is 0 Å². The fourth-order valence-corrected chi connectivity index (χ4v) is 3.88. The number of hydrogen-bond acceptors (Lipinski definition) is 6. The molecule has 7 nitrogen and oxygen atoms in total. The Morgan fingerprint density at radius 2 is 1.89 bits per heavy atom. The van der Waals surface area contributed by atoms with Gasteiger partial charge >= 0.3 is 0 Å². The summed E-state index contributed by atoms with van der Waals surface area (Å²) in [5.74, 6) is -0.184. The maximum absolute atomic E-state index is 12.2. The van der Waals surface area contributed by atoms with Gasteiger partial charge < -0.3 is 16.0 Å². The van der Waals surface area contributed by atoms with Gasteiger partial charge in [0.25, 0.3) is 0 Å². The molecule has 0 radical (unpaired) electrons. The van der Waals surface area contributed by atoms with Gasteiger partial charge in [-0.05, 0) is 31.5 Å². The van der Waals surface area contributed by atoms with E-state index in [-0.39, 0.29) is 35.9 Å². The Balaban J connectivity index is 1.81. The first-order chi connectivity index (χ1) is 13.4. The first kappa shape index (κ1) is 21.9. The molecule has 0 aliphatic rings. The third-order valence-electron chi connectivity index (χ3n) is 3.69. The van der Waals surface area contributed by atoms with Crippen molar-refractivity contribution in [2.24, 2.45) is 0 Å². The van der Waals surface area contributed by atoms with Crippen LogP contribution in [0.25, 0.3) is 0 Å². The van der Waals surface area contributed by atoms with E-state index in [1.807, 2.05) is 19.2 Å². The molecular formula is C19H24N4O3S2. The van der Waals surface area contributed by atoms with Crippen molar-refractivity contribution in [2.75, 3.05) is 16.4 Å². The van der Waals surface area contributed by atoms with E-state index >= 15 is 0 Å². The third-order valence-corrected chi connectivity index (χ3v) is 5.76. The Hall–Kier alpha value is -2.39. The molecule has 150 valence electrons. The van der Waals surface area contributed by atoms with Crippen LogP contribution in [0.3, 0.4) is 0 Å². The molecule has 0 unspecified atom stereocenters. The van der Waals surface area contributed by atoms with E-state index in [2.05, 4.69) is 20.9 Å². The molecule has 0 fully saturated rings. The molecular weight excluding hydrogens is 396 g/mol. The SMILES string of the molecule is CC[C@H](C)NC(=O)Cc1csc(SCC(=O)Nc2cccc(NC(C)=O)c2)n1. The van der Waals surface area contributed by atoms with Gasteiger partial charge in [0.2, 0.25) is 17.7 Å². The number of thioether (sulfide) groups is 1. The molecule has 0 saturated heterocycles. The van der Waals surface area contributed by atoms with Crippen LogP contribution in [0.2, 0.25) is 0 Å². The normalized spacial score (nSPS) is 11.5. The minimum atomic E-state index is -0.170. The lowest BCUT2D eigenvalue weighted by molar-refractivity contribution is -0.121. The molecule has 1 heterocycles. The fraction of sp³-hybridized carbons (Fsp3) is 0.368. The van der Waals surface area contributed by atoms with Crippen LogP contribution in [-0.2, 0) is 20.8 Å². The number of rotatable bonds is 9. The Bertz CT molecular complexity index is 838. The topological polar surface area (TPSA) is 100 Å². The third kappa shape index (κ3) is 7.69. The molecule has 1 atom stereocenters. The number of carbonyl (C=O) groups is 3. The molecule has 2 rings (SSSR count). The summed E-state index contributed by atoms with van der Waals surface area (Å²) in [5, 5.41) is 10.2. The van der Waals surface area contributed by atoms with Gasteiger partial charge in [-0.3, -0.25) is 14.4 Å². The van der Waals surface area contributed by atoms with Crippen molar-refractivity contribution >= 4 is 52.2 Å². The predicted octanol–water partition coefficient (Wildman–Crippen LogP) is 3.29. The molecule has 28 heavy (non-hydrogen) atoms. The average Bonchev–Trinajstić information content (AvgIpc) is 3.06. The van der Waals surface area contributed by atoms with Crippen molar-refractivity contribution in [3.05, 3.63) is 35.3 Å². The quantitative estimate of drug-likeness (QED) is 0.541. The Morgan fingerprint density at radius 3 is 2.57 bits per heavy atom. The Labute approximate surface area is 172 Å². The van der Waals surface area contributed by atoms with Gasteiger partial charge in [0, 0.05) is 29.7 Å². The highest BCUT2D eigenvalue weighted by Gasteiger charge is 2.11. The van der Waals surface area contributed by atoms with E-state index in [0.717, 1.165) is 10.8 Å². The van der Waals surface area contributed by atoms with Crippen molar-refractivity contribution in [1.82, 2.24) is 10.3 Å². The first-order valence-corrected chi connectivity index (χ1v) is 10.8. The van der Waals surface area contributed by atoms with Crippen molar-refractivity contribution in [3.63, 3.8) is 0 Å². The second kappa shape index (κ2) is 10.8. The van der Waals surface area contributed by atoms with Gasteiger partial charge in [0.1, 0.15) is 0 Å². The maximum Gasteiger partial charge on any atom is 0.234 e. The Kier molecular flexibility index (Phi) is 8.46. The van der Waals surface area contributed by atoms with Gasteiger partial charge in [0.15, 0.2) is 4.34 Å². The lowest BCUT2D eigenvalue weighted by atomic mass is 10.2. The summed E-state index contributed by atoms with van der Waals surface area (Å²) in [7, 11) is 0. The molecule has 3 N–H and O–H groups in total.